The number of fused-ring (bicyclic) bond motifs is 2. The zero-order valence-corrected chi connectivity index (χ0v) is 14.9. The fourth-order valence-electron chi connectivity index (χ4n) is 5.08. The van der Waals surface area contributed by atoms with Crippen molar-refractivity contribution < 1.29 is 18.3 Å². The summed E-state index contributed by atoms with van der Waals surface area (Å²) in [5.41, 5.74) is 0.234. The fourth-order valence-corrected chi connectivity index (χ4v) is 5.08. The molecule has 142 valence electrons. The number of hydrogen-bond donors (Lipinski definition) is 2. The van der Waals surface area contributed by atoms with Gasteiger partial charge in [0, 0.05) is 18.4 Å². The van der Waals surface area contributed by atoms with Crippen molar-refractivity contribution in [3.05, 3.63) is 59.2 Å². The molecule has 2 N–H and O–H groups in total. The summed E-state index contributed by atoms with van der Waals surface area (Å²) in [5.74, 6) is 0.501. The van der Waals surface area contributed by atoms with Gasteiger partial charge < -0.3 is 10.4 Å². The normalized spacial score (nSPS) is 30.1. The first-order valence-electron chi connectivity index (χ1n) is 9.58. The van der Waals surface area contributed by atoms with Crippen LogP contribution >= 0.6 is 0 Å². The predicted molar refractivity (Wildman–Crippen MR) is 97.6 cm³/mol. The fraction of sp³-hybridized carbons (Fsp3) is 0.455. The van der Waals surface area contributed by atoms with Crippen LogP contribution in [0.25, 0.3) is 11.1 Å². The molecule has 2 unspecified atom stereocenters. The van der Waals surface area contributed by atoms with Gasteiger partial charge in [-0.25, -0.2) is 0 Å². The minimum Gasteiger partial charge on any atom is -0.376 e. The molecule has 2 aliphatic carbocycles. The van der Waals surface area contributed by atoms with E-state index in [4.69, 9.17) is 0 Å². The van der Waals surface area contributed by atoms with Crippen LogP contribution in [-0.4, -0.2) is 24.4 Å². The van der Waals surface area contributed by atoms with Crippen LogP contribution in [0.3, 0.4) is 0 Å². The summed E-state index contributed by atoms with van der Waals surface area (Å²) in [4.78, 5) is 0. The first kappa shape index (κ1) is 17.3. The first-order valence-corrected chi connectivity index (χ1v) is 9.58. The summed E-state index contributed by atoms with van der Waals surface area (Å²) in [6.45, 7) is 1.16. The minimum absolute atomic E-state index is 0.0433. The van der Waals surface area contributed by atoms with Crippen molar-refractivity contribution in [2.45, 2.75) is 48.8 Å². The maximum Gasteiger partial charge on any atom is 0.421 e. The summed E-state index contributed by atoms with van der Waals surface area (Å²) in [7, 11) is 0. The second kappa shape index (κ2) is 5.58. The average molecular weight is 373 g/mol. The lowest BCUT2D eigenvalue weighted by Gasteiger charge is -2.29. The molecular formula is C22H22F3NO. The van der Waals surface area contributed by atoms with Gasteiger partial charge in [0.2, 0.25) is 0 Å². The molecule has 2 fully saturated rings. The van der Waals surface area contributed by atoms with E-state index in [-0.39, 0.29) is 12.0 Å². The third-order valence-corrected chi connectivity index (χ3v) is 6.63. The van der Waals surface area contributed by atoms with Crippen molar-refractivity contribution in [1.29, 1.82) is 0 Å². The highest BCUT2D eigenvalue weighted by Gasteiger charge is 2.64. The van der Waals surface area contributed by atoms with Gasteiger partial charge in [-0.15, -0.1) is 0 Å². The Kier molecular flexibility index (Phi) is 3.57. The lowest BCUT2D eigenvalue weighted by atomic mass is 9.80. The molecule has 1 saturated carbocycles. The molecule has 5 rings (SSSR count). The monoisotopic (exact) mass is 373 g/mol. The van der Waals surface area contributed by atoms with Crippen LogP contribution in [0.1, 0.15) is 48.3 Å². The number of benzene rings is 2. The Balaban J connectivity index is 1.69. The standard InChI is InChI=1S/C22H22F3NO/c23-22(24,25)21(27)12-20(9-10-26-13-20)18-8-7-15(11-19(18)21)17-4-2-1-3-16(17)14-5-6-14/h1-4,7-8,11,14,26-27H,5-6,9-10,12-13H2. The van der Waals surface area contributed by atoms with Gasteiger partial charge in [0.05, 0.1) is 0 Å². The Labute approximate surface area is 156 Å². The molecule has 1 saturated heterocycles. The van der Waals surface area contributed by atoms with Crippen LogP contribution in [0.15, 0.2) is 42.5 Å². The number of aliphatic hydroxyl groups is 1. The minimum atomic E-state index is -4.69. The molecule has 2 aromatic carbocycles. The van der Waals surface area contributed by atoms with Crippen molar-refractivity contribution in [3.63, 3.8) is 0 Å². The molecule has 1 heterocycles. The maximum atomic E-state index is 13.9. The van der Waals surface area contributed by atoms with Crippen LogP contribution < -0.4 is 5.32 Å². The van der Waals surface area contributed by atoms with E-state index >= 15 is 0 Å². The quantitative estimate of drug-likeness (QED) is 0.805. The van der Waals surface area contributed by atoms with E-state index in [0.717, 1.165) is 24.0 Å². The van der Waals surface area contributed by atoms with Gasteiger partial charge in [-0.1, -0.05) is 36.4 Å². The van der Waals surface area contributed by atoms with Crippen molar-refractivity contribution >= 4 is 0 Å². The second-order valence-electron chi connectivity index (χ2n) is 8.36. The van der Waals surface area contributed by atoms with Crippen molar-refractivity contribution in [2.75, 3.05) is 13.1 Å². The maximum absolute atomic E-state index is 13.9. The zero-order valence-electron chi connectivity index (χ0n) is 14.9. The third-order valence-electron chi connectivity index (χ3n) is 6.63. The Bertz CT molecular complexity index is 897. The molecule has 27 heavy (non-hydrogen) atoms. The third kappa shape index (κ3) is 2.48. The Hall–Kier alpha value is -1.85. The summed E-state index contributed by atoms with van der Waals surface area (Å²) in [6.07, 6.45) is -2.11. The lowest BCUT2D eigenvalue weighted by molar-refractivity contribution is -0.268. The van der Waals surface area contributed by atoms with Crippen LogP contribution in [0.2, 0.25) is 0 Å². The van der Waals surface area contributed by atoms with Crippen LogP contribution in [-0.2, 0) is 11.0 Å². The highest BCUT2D eigenvalue weighted by atomic mass is 19.4. The van der Waals surface area contributed by atoms with E-state index in [1.165, 1.54) is 5.56 Å². The summed E-state index contributed by atoms with van der Waals surface area (Å²) < 4.78 is 41.8. The average Bonchev–Trinajstić information content (AvgIpc) is 3.34. The van der Waals surface area contributed by atoms with Gasteiger partial charge in [-0.3, -0.25) is 0 Å². The molecule has 1 spiro atoms. The van der Waals surface area contributed by atoms with E-state index in [9.17, 15) is 18.3 Å². The van der Waals surface area contributed by atoms with Gasteiger partial charge in [0.25, 0.3) is 0 Å². The van der Waals surface area contributed by atoms with Crippen molar-refractivity contribution in [1.82, 2.24) is 5.32 Å². The molecular weight excluding hydrogens is 351 g/mol. The number of rotatable bonds is 2. The molecule has 2 nitrogen and oxygen atoms in total. The smallest absolute Gasteiger partial charge is 0.376 e. The molecule has 5 heteroatoms. The zero-order chi connectivity index (χ0) is 18.9. The van der Waals surface area contributed by atoms with Crippen LogP contribution in [0.4, 0.5) is 13.2 Å². The van der Waals surface area contributed by atoms with E-state index in [1.54, 1.807) is 6.07 Å². The van der Waals surface area contributed by atoms with Gasteiger partial charge in [-0.2, -0.15) is 13.2 Å². The Morgan fingerprint density at radius 2 is 1.81 bits per heavy atom. The molecule has 0 bridgehead atoms. The lowest BCUT2D eigenvalue weighted by Crippen LogP contribution is -2.42. The molecule has 2 aromatic rings. The molecule has 1 aliphatic heterocycles. The number of halogens is 3. The highest BCUT2D eigenvalue weighted by molar-refractivity contribution is 5.71. The largest absolute Gasteiger partial charge is 0.421 e. The van der Waals surface area contributed by atoms with Crippen molar-refractivity contribution in [3.8, 4) is 11.1 Å². The van der Waals surface area contributed by atoms with Gasteiger partial charge in [-0.05, 0) is 65.6 Å². The molecule has 0 aromatic heterocycles. The molecule has 3 aliphatic rings. The van der Waals surface area contributed by atoms with Crippen LogP contribution in [0, 0.1) is 0 Å². The first-order chi connectivity index (χ1) is 12.8. The van der Waals surface area contributed by atoms with E-state index in [0.29, 0.717) is 31.0 Å². The Morgan fingerprint density at radius 1 is 1.04 bits per heavy atom. The van der Waals surface area contributed by atoms with Crippen molar-refractivity contribution in [2.24, 2.45) is 0 Å². The number of alkyl halides is 3. The molecule has 0 amide bonds. The SMILES string of the molecule is OC1(C(F)(F)F)CC2(CCNC2)c2ccc(-c3ccccc3C3CC3)cc21. The highest BCUT2D eigenvalue weighted by Crippen LogP contribution is 2.58. The van der Waals surface area contributed by atoms with E-state index < -0.39 is 17.2 Å². The summed E-state index contributed by atoms with van der Waals surface area (Å²) >= 11 is 0. The van der Waals surface area contributed by atoms with Gasteiger partial charge in [0.15, 0.2) is 5.60 Å². The number of hydrogen-bond acceptors (Lipinski definition) is 2. The topological polar surface area (TPSA) is 32.3 Å². The predicted octanol–water partition coefficient (Wildman–Crippen LogP) is 4.62. The summed E-state index contributed by atoms with van der Waals surface area (Å²) in [6, 6.07) is 13.3. The Morgan fingerprint density at radius 3 is 2.48 bits per heavy atom. The summed E-state index contributed by atoms with van der Waals surface area (Å²) in [5, 5.41) is 14.0. The van der Waals surface area contributed by atoms with Gasteiger partial charge >= 0.3 is 6.18 Å². The van der Waals surface area contributed by atoms with Crippen LogP contribution in [0.5, 0.6) is 0 Å². The number of nitrogens with one attached hydrogen (secondary N) is 1. The molecule has 2 atom stereocenters. The van der Waals surface area contributed by atoms with Gasteiger partial charge in [0.1, 0.15) is 0 Å². The molecule has 0 radical (unpaired) electrons. The van der Waals surface area contributed by atoms with E-state index in [1.807, 2.05) is 30.3 Å². The second-order valence-corrected chi connectivity index (χ2v) is 8.36. The van der Waals surface area contributed by atoms with E-state index in [2.05, 4.69) is 11.4 Å².